The van der Waals surface area contributed by atoms with Gasteiger partial charge in [-0.25, -0.2) is 4.39 Å². The van der Waals surface area contributed by atoms with E-state index >= 15 is 0 Å². The van der Waals surface area contributed by atoms with Gasteiger partial charge in [0.1, 0.15) is 5.82 Å². The topological polar surface area (TPSA) is 41.1 Å². The van der Waals surface area contributed by atoms with E-state index in [1.807, 2.05) is 26.0 Å². The smallest absolute Gasteiger partial charge is 0.257 e. The molecule has 0 atom stereocenters. The summed E-state index contributed by atoms with van der Waals surface area (Å²) in [6.07, 6.45) is 0. The molecule has 21 heavy (non-hydrogen) atoms. The lowest BCUT2D eigenvalue weighted by atomic mass is 10.1. The summed E-state index contributed by atoms with van der Waals surface area (Å²) in [5.74, 6) is -0.674. The molecule has 110 valence electrons. The van der Waals surface area contributed by atoms with Crippen molar-refractivity contribution >= 4 is 33.2 Å². The van der Waals surface area contributed by atoms with Crippen LogP contribution in [0.2, 0.25) is 0 Å². The van der Waals surface area contributed by atoms with Crippen LogP contribution < -0.4 is 10.6 Å². The molecule has 0 bridgehead atoms. The van der Waals surface area contributed by atoms with Gasteiger partial charge >= 0.3 is 0 Å². The van der Waals surface area contributed by atoms with Crippen LogP contribution in [0.25, 0.3) is 0 Å². The van der Waals surface area contributed by atoms with E-state index in [-0.39, 0.29) is 5.91 Å². The van der Waals surface area contributed by atoms with Gasteiger partial charge in [-0.2, -0.15) is 0 Å². The molecule has 2 aromatic carbocycles. The van der Waals surface area contributed by atoms with Gasteiger partial charge in [0.05, 0.1) is 10.0 Å². The van der Waals surface area contributed by atoms with Crippen molar-refractivity contribution in [1.29, 1.82) is 0 Å². The van der Waals surface area contributed by atoms with Gasteiger partial charge in [0.25, 0.3) is 5.91 Å². The lowest BCUT2D eigenvalue weighted by molar-refractivity contribution is 0.102. The molecule has 2 rings (SSSR count). The van der Waals surface area contributed by atoms with Crippen molar-refractivity contribution in [1.82, 2.24) is 0 Å². The van der Waals surface area contributed by atoms with Gasteiger partial charge in [0, 0.05) is 17.9 Å². The normalized spacial score (nSPS) is 10.3. The molecule has 3 nitrogen and oxygen atoms in total. The van der Waals surface area contributed by atoms with E-state index in [2.05, 4.69) is 26.6 Å². The summed E-state index contributed by atoms with van der Waals surface area (Å²) in [4.78, 5) is 12.4. The first-order valence-electron chi connectivity index (χ1n) is 6.62. The third-order valence-corrected chi connectivity index (χ3v) is 3.66. The van der Waals surface area contributed by atoms with Crippen LogP contribution in [0, 0.1) is 12.7 Å². The fourth-order valence-electron chi connectivity index (χ4n) is 2.00. The number of carbonyl (C=O) groups is 1. The number of anilines is 2. The maximum Gasteiger partial charge on any atom is 0.257 e. The van der Waals surface area contributed by atoms with Gasteiger partial charge in [-0.3, -0.25) is 4.79 Å². The Morgan fingerprint density at radius 2 is 1.95 bits per heavy atom. The highest BCUT2D eigenvalue weighted by molar-refractivity contribution is 9.10. The molecular weight excluding hydrogens is 335 g/mol. The Bertz CT molecular complexity index is 673. The van der Waals surface area contributed by atoms with Crippen molar-refractivity contribution in [2.75, 3.05) is 17.2 Å². The quantitative estimate of drug-likeness (QED) is 0.847. The highest BCUT2D eigenvalue weighted by Gasteiger charge is 2.13. The van der Waals surface area contributed by atoms with E-state index in [1.54, 1.807) is 18.2 Å². The van der Waals surface area contributed by atoms with Crippen LogP contribution in [0.1, 0.15) is 22.8 Å². The second-order valence-corrected chi connectivity index (χ2v) is 5.47. The molecule has 0 heterocycles. The Morgan fingerprint density at radius 3 is 2.67 bits per heavy atom. The van der Waals surface area contributed by atoms with Crippen LogP contribution >= 0.6 is 15.9 Å². The molecule has 0 aliphatic rings. The number of hydrogen-bond donors (Lipinski definition) is 2. The summed E-state index contributed by atoms with van der Waals surface area (Å²) in [5.41, 5.74) is 2.54. The molecule has 0 spiro atoms. The first-order chi connectivity index (χ1) is 10.0. The SMILES string of the molecule is CCNc1ccccc1C(=O)Nc1cc(F)c(Br)cc1C. The Morgan fingerprint density at radius 1 is 1.24 bits per heavy atom. The van der Waals surface area contributed by atoms with Crippen molar-refractivity contribution in [3.05, 3.63) is 57.8 Å². The zero-order valence-electron chi connectivity index (χ0n) is 11.8. The molecule has 0 aliphatic carbocycles. The molecule has 0 radical (unpaired) electrons. The van der Waals surface area contributed by atoms with E-state index in [4.69, 9.17) is 0 Å². The monoisotopic (exact) mass is 350 g/mol. The Hall–Kier alpha value is -1.88. The van der Waals surface area contributed by atoms with E-state index in [9.17, 15) is 9.18 Å². The number of amides is 1. The minimum Gasteiger partial charge on any atom is -0.385 e. The first kappa shape index (κ1) is 15.5. The van der Waals surface area contributed by atoms with Crippen LogP contribution in [0.5, 0.6) is 0 Å². The number of aryl methyl sites for hydroxylation is 1. The van der Waals surface area contributed by atoms with Crippen LogP contribution in [0.15, 0.2) is 40.9 Å². The number of nitrogens with one attached hydrogen (secondary N) is 2. The zero-order valence-corrected chi connectivity index (χ0v) is 13.4. The third-order valence-electron chi connectivity index (χ3n) is 3.05. The molecule has 0 aliphatic heterocycles. The largest absolute Gasteiger partial charge is 0.385 e. The van der Waals surface area contributed by atoms with Gasteiger partial charge in [-0.1, -0.05) is 12.1 Å². The van der Waals surface area contributed by atoms with Crippen molar-refractivity contribution in [3.63, 3.8) is 0 Å². The Labute approximate surface area is 131 Å². The predicted molar refractivity (Wildman–Crippen MR) is 87.4 cm³/mol. The molecule has 5 heteroatoms. The van der Waals surface area contributed by atoms with Gasteiger partial charge in [-0.05, 0) is 59.6 Å². The number of para-hydroxylation sites is 1. The van der Waals surface area contributed by atoms with Gasteiger partial charge < -0.3 is 10.6 Å². The molecule has 2 N–H and O–H groups in total. The van der Waals surface area contributed by atoms with E-state index in [0.717, 1.165) is 17.8 Å². The lowest BCUT2D eigenvalue weighted by Crippen LogP contribution is -2.15. The second kappa shape index (κ2) is 6.72. The van der Waals surface area contributed by atoms with Crippen LogP contribution in [-0.4, -0.2) is 12.5 Å². The summed E-state index contributed by atoms with van der Waals surface area (Å²) in [6, 6.07) is 10.2. The molecule has 1 amide bonds. The number of benzene rings is 2. The van der Waals surface area contributed by atoms with Crippen molar-refractivity contribution < 1.29 is 9.18 Å². The minimum absolute atomic E-state index is 0.267. The maximum atomic E-state index is 13.6. The summed E-state index contributed by atoms with van der Waals surface area (Å²) in [6.45, 7) is 4.50. The highest BCUT2D eigenvalue weighted by atomic mass is 79.9. The summed E-state index contributed by atoms with van der Waals surface area (Å²) in [7, 11) is 0. The zero-order chi connectivity index (χ0) is 15.4. The third kappa shape index (κ3) is 3.61. The number of rotatable bonds is 4. The number of halogens is 2. The van der Waals surface area contributed by atoms with Gasteiger partial charge in [-0.15, -0.1) is 0 Å². The fourth-order valence-corrected chi connectivity index (χ4v) is 2.45. The van der Waals surface area contributed by atoms with Crippen LogP contribution in [0.3, 0.4) is 0 Å². The first-order valence-corrected chi connectivity index (χ1v) is 7.42. The Balaban J connectivity index is 2.28. The average molecular weight is 351 g/mol. The predicted octanol–water partition coefficient (Wildman–Crippen LogP) is 4.58. The van der Waals surface area contributed by atoms with Crippen LogP contribution in [-0.2, 0) is 0 Å². The Kier molecular flexibility index (Phi) is 4.96. The summed E-state index contributed by atoms with van der Waals surface area (Å²) < 4.78 is 14.0. The lowest BCUT2D eigenvalue weighted by Gasteiger charge is -2.13. The molecule has 0 unspecified atom stereocenters. The van der Waals surface area contributed by atoms with E-state index < -0.39 is 5.82 Å². The standard InChI is InChI=1S/C16H16BrFN2O/c1-3-19-14-7-5-4-6-11(14)16(21)20-15-9-13(18)12(17)8-10(15)2/h4-9,19H,3H2,1-2H3,(H,20,21). The van der Waals surface area contributed by atoms with Crippen molar-refractivity contribution in [2.45, 2.75) is 13.8 Å². The molecule has 2 aromatic rings. The average Bonchev–Trinajstić information content (AvgIpc) is 2.45. The van der Waals surface area contributed by atoms with Crippen LogP contribution in [0.4, 0.5) is 15.8 Å². The van der Waals surface area contributed by atoms with E-state index in [1.165, 1.54) is 6.07 Å². The highest BCUT2D eigenvalue weighted by Crippen LogP contribution is 2.25. The molecule has 0 aromatic heterocycles. The summed E-state index contributed by atoms with van der Waals surface area (Å²) in [5, 5.41) is 5.89. The van der Waals surface area contributed by atoms with Gasteiger partial charge in [0.15, 0.2) is 0 Å². The fraction of sp³-hybridized carbons (Fsp3) is 0.188. The molecule has 0 fully saturated rings. The van der Waals surface area contributed by atoms with E-state index in [0.29, 0.717) is 15.7 Å². The molecule has 0 saturated carbocycles. The molecular formula is C16H16BrFN2O. The molecule has 0 saturated heterocycles. The van der Waals surface area contributed by atoms with Gasteiger partial charge in [0.2, 0.25) is 0 Å². The van der Waals surface area contributed by atoms with Crippen molar-refractivity contribution in [2.24, 2.45) is 0 Å². The minimum atomic E-state index is -0.407. The second-order valence-electron chi connectivity index (χ2n) is 4.61. The summed E-state index contributed by atoms with van der Waals surface area (Å²) >= 11 is 3.13. The number of hydrogen-bond acceptors (Lipinski definition) is 2. The number of carbonyl (C=O) groups excluding carboxylic acids is 1. The maximum absolute atomic E-state index is 13.6. The van der Waals surface area contributed by atoms with Crippen molar-refractivity contribution in [3.8, 4) is 0 Å².